The lowest BCUT2D eigenvalue weighted by molar-refractivity contribution is -0.161. The molecule has 0 aliphatic rings. The van der Waals surface area contributed by atoms with Crippen molar-refractivity contribution >= 4 is 19.8 Å². The van der Waals surface area contributed by atoms with Crippen LogP contribution >= 0.6 is 7.82 Å². The van der Waals surface area contributed by atoms with Crippen LogP contribution in [-0.4, -0.2) is 65.7 Å². The molecule has 1 unspecified atom stereocenters. The quantitative estimate of drug-likeness (QED) is 0.0238. The number of esters is 2. The first-order chi connectivity index (χ1) is 27.7. The molecule has 0 spiro atoms. The highest BCUT2D eigenvalue weighted by Gasteiger charge is 2.27. The summed E-state index contributed by atoms with van der Waals surface area (Å²) in [5.41, 5.74) is 0. The molecule has 0 saturated carbocycles. The van der Waals surface area contributed by atoms with E-state index < -0.39 is 51.8 Å². The Kier molecular flexibility index (Phi) is 38.8. The third-order valence-electron chi connectivity index (χ3n) is 8.22. The van der Waals surface area contributed by atoms with Crippen LogP contribution in [0.15, 0.2) is 97.2 Å². The molecule has 3 atom stereocenters. The monoisotopic (exact) mass is 819 g/mol. The lowest BCUT2D eigenvalue weighted by atomic mass is 10.1. The van der Waals surface area contributed by atoms with E-state index in [4.69, 9.17) is 19.1 Å². The molecule has 0 amide bonds. The van der Waals surface area contributed by atoms with Gasteiger partial charge in [-0.15, -0.1) is 0 Å². The van der Waals surface area contributed by atoms with Crippen LogP contribution in [0.25, 0.3) is 0 Å². The number of carbonyl (C=O) groups is 2. The highest BCUT2D eigenvalue weighted by Crippen LogP contribution is 2.43. The number of unbranched alkanes of at least 4 members (excludes halogenated alkanes) is 8. The van der Waals surface area contributed by atoms with E-state index in [1.54, 1.807) is 0 Å². The lowest BCUT2D eigenvalue weighted by Gasteiger charge is -2.20. The van der Waals surface area contributed by atoms with Crippen LogP contribution in [0.1, 0.15) is 142 Å². The molecule has 0 aromatic rings. The van der Waals surface area contributed by atoms with Gasteiger partial charge in [-0.25, -0.2) is 4.57 Å². The fourth-order valence-corrected chi connectivity index (χ4v) is 5.76. The van der Waals surface area contributed by atoms with Gasteiger partial charge in [0, 0.05) is 12.8 Å². The summed E-state index contributed by atoms with van der Waals surface area (Å²) >= 11 is 0. The normalized spacial score (nSPS) is 14.8. The van der Waals surface area contributed by atoms with Gasteiger partial charge in [0.1, 0.15) is 12.7 Å². The Morgan fingerprint density at radius 3 is 1.49 bits per heavy atom. The molecule has 0 saturated heterocycles. The predicted octanol–water partition coefficient (Wildman–Crippen LogP) is 11.2. The number of phosphoric ester groups is 1. The van der Waals surface area contributed by atoms with Gasteiger partial charge in [0.25, 0.3) is 0 Å². The van der Waals surface area contributed by atoms with Crippen LogP contribution in [0.2, 0.25) is 0 Å². The zero-order valence-corrected chi connectivity index (χ0v) is 35.9. The Bertz CT molecular complexity index is 1260. The largest absolute Gasteiger partial charge is 0.472 e. The summed E-state index contributed by atoms with van der Waals surface area (Å²) in [7, 11) is -4.64. The van der Waals surface area contributed by atoms with Gasteiger partial charge in [0.15, 0.2) is 6.10 Å². The summed E-state index contributed by atoms with van der Waals surface area (Å²) in [5, 5.41) is 18.3. The van der Waals surface area contributed by atoms with Crippen molar-refractivity contribution in [2.75, 3.05) is 26.4 Å². The van der Waals surface area contributed by atoms with E-state index >= 15 is 0 Å². The van der Waals surface area contributed by atoms with E-state index in [2.05, 4.69) is 110 Å². The van der Waals surface area contributed by atoms with Crippen molar-refractivity contribution in [1.29, 1.82) is 0 Å². The number of hydrogen-bond acceptors (Lipinski definition) is 9. The topological polar surface area (TPSA) is 149 Å². The highest BCUT2D eigenvalue weighted by molar-refractivity contribution is 7.47. The molecule has 0 aromatic carbocycles. The van der Waals surface area contributed by atoms with Crippen LogP contribution in [0.5, 0.6) is 0 Å². The van der Waals surface area contributed by atoms with Crippen LogP contribution in [0.3, 0.4) is 0 Å². The van der Waals surface area contributed by atoms with Crippen LogP contribution in [0.4, 0.5) is 0 Å². The SMILES string of the molecule is CC/C=C\C/C=C\C/C=C\C/C=C\CCCCCCC(=O)O[C@H](COC(=O)CCC/C=C\C/C=C\C/C=C\C/C=C\CCCCC)COP(=O)(O)OC[C@@H](O)CO. The van der Waals surface area contributed by atoms with E-state index in [1.807, 2.05) is 6.08 Å². The minimum absolute atomic E-state index is 0.138. The number of allylic oxidation sites excluding steroid dienone is 16. The molecule has 0 fully saturated rings. The fourth-order valence-electron chi connectivity index (χ4n) is 4.97. The Balaban J connectivity index is 4.48. The van der Waals surface area contributed by atoms with Gasteiger partial charge < -0.3 is 24.6 Å². The Labute approximate surface area is 344 Å². The van der Waals surface area contributed by atoms with Gasteiger partial charge >= 0.3 is 19.8 Å². The fraction of sp³-hybridized carbons (Fsp3) is 0.609. The van der Waals surface area contributed by atoms with Crippen molar-refractivity contribution in [2.45, 2.75) is 154 Å². The van der Waals surface area contributed by atoms with Crippen LogP contribution < -0.4 is 0 Å². The second-order valence-electron chi connectivity index (χ2n) is 13.6. The molecular formula is C46H75O10P. The van der Waals surface area contributed by atoms with Crippen molar-refractivity contribution in [2.24, 2.45) is 0 Å². The summed E-state index contributed by atoms with van der Waals surface area (Å²) in [6.07, 6.45) is 49.5. The summed E-state index contributed by atoms with van der Waals surface area (Å²) in [4.78, 5) is 35.0. The molecule has 324 valence electrons. The maximum Gasteiger partial charge on any atom is 0.472 e. The maximum absolute atomic E-state index is 12.6. The second kappa shape index (κ2) is 41.1. The first-order valence-corrected chi connectivity index (χ1v) is 22.7. The van der Waals surface area contributed by atoms with Crippen molar-refractivity contribution < 1.29 is 47.8 Å². The van der Waals surface area contributed by atoms with Crippen LogP contribution in [0, 0.1) is 0 Å². The first kappa shape index (κ1) is 53.9. The highest BCUT2D eigenvalue weighted by atomic mass is 31.2. The summed E-state index contributed by atoms with van der Waals surface area (Å²) in [5.74, 6) is -1.03. The number of ether oxygens (including phenoxy) is 2. The molecular weight excluding hydrogens is 743 g/mol. The molecule has 11 heteroatoms. The average Bonchev–Trinajstić information content (AvgIpc) is 3.20. The van der Waals surface area contributed by atoms with Gasteiger partial charge in [0.2, 0.25) is 0 Å². The number of phosphoric acid groups is 1. The molecule has 10 nitrogen and oxygen atoms in total. The second-order valence-corrected chi connectivity index (χ2v) is 15.1. The maximum atomic E-state index is 12.6. The third-order valence-corrected chi connectivity index (χ3v) is 9.17. The smallest absolute Gasteiger partial charge is 0.462 e. The minimum Gasteiger partial charge on any atom is -0.462 e. The molecule has 0 radical (unpaired) electrons. The minimum atomic E-state index is -4.64. The van der Waals surface area contributed by atoms with Gasteiger partial charge in [0.05, 0.1) is 19.8 Å². The third kappa shape index (κ3) is 40.9. The number of carbonyl (C=O) groups excluding carboxylic acids is 2. The molecule has 0 bridgehead atoms. The van der Waals surface area contributed by atoms with E-state index in [1.165, 1.54) is 19.3 Å². The van der Waals surface area contributed by atoms with Gasteiger partial charge in [-0.3, -0.25) is 18.6 Å². The van der Waals surface area contributed by atoms with E-state index in [0.29, 0.717) is 19.3 Å². The zero-order chi connectivity index (χ0) is 41.9. The Hall–Kier alpha value is -3.11. The first-order valence-electron chi connectivity index (χ1n) is 21.2. The molecule has 0 aromatic heterocycles. The molecule has 0 aliphatic carbocycles. The van der Waals surface area contributed by atoms with Crippen molar-refractivity contribution in [3.05, 3.63) is 97.2 Å². The number of aliphatic hydroxyl groups is 2. The van der Waals surface area contributed by atoms with Gasteiger partial charge in [-0.05, 0) is 89.9 Å². The van der Waals surface area contributed by atoms with E-state index in [-0.39, 0.29) is 19.4 Å². The van der Waals surface area contributed by atoms with Crippen molar-refractivity contribution in [1.82, 2.24) is 0 Å². The van der Waals surface area contributed by atoms with Gasteiger partial charge in [-0.1, -0.05) is 137 Å². The predicted molar refractivity (Wildman–Crippen MR) is 232 cm³/mol. The molecule has 0 rings (SSSR count). The van der Waals surface area contributed by atoms with Crippen molar-refractivity contribution in [3.8, 4) is 0 Å². The van der Waals surface area contributed by atoms with Gasteiger partial charge in [-0.2, -0.15) is 0 Å². The Morgan fingerprint density at radius 1 is 0.544 bits per heavy atom. The summed E-state index contributed by atoms with van der Waals surface area (Å²) in [6, 6.07) is 0. The summed E-state index contributed by atoms with van der Waals surface area (Å²) in [6.45, 7) is 2.12. The van der Waals surface area contributed by atoms with Crippen LogP contribution in [-0.2, 0) is 32.7 Å². The molecule has 57 heavy (non-hydrogen) atoms. The number of hydrogen-bond donors (Lipinski definition) is 3. The van der Waals surface area contributed by atoms with E-state index in [9.17, 15) is 24.2 Å². The summed E-state index contributed by atoms with van der Waals surface area (Å²) < 4.78 is 32.6. The van der Waals surface area contributed by atoms with Crippen molar-refractivity contribution in [3.63, 3.8) is 0 Å². The number of rotatable bonds is 38. The average molecular weight is 819 g/mol. The molecule has 0 aliphatic heterocycles. The Morgan fingerprint density at radius 2 is 0.982 bits per heavy atom. The lowest BCUT2D eigenvalue weighted by Crippen LogP contribution is -2.29. The molecule has 3 N–H and O–H groups in total. The van der Waals surface area contributed by atoms with E-state index in [0.717, 1.165) is 77.0 Å². The number of aliphatic hydroxyl groups excluding tert-OH is 2. The standard InChI is InChI=1S/C46H75O10P/c1-3-5-7-9-11-13-15-17-19-21-23-25-27-29-31-33-35-37-45(49)53-41-44(42-55-57(51,52)54-40-43(48)39-47)56-46(50)38-36-34-32-30-28-26-24-22-20-18-16-14-12-10-8-6-4-2/h6,8,11-14,17-20,23-26,29,31,43-44,47-48H,3-5,7,9-10,15-16,21-22,27-28,30,32-42H2,1-2H3,(H,51,52)/b8-6-,13-11-,14-12-,19-17-,20-18-,25-23-,26-24-,31-29-/t43-,44+/m0/s1. The molecule has 0 heterocycles. The zero-order valence-electron chi connectivity index (χ0n) is 35.0.